The Morgan fingerprint density at radius 3 is 2.80 bits per heavy atom. The summed E-state index contributed by atoms with van der Waals surface area (Å²) >= 11 is 1.28. The van der Waals surface area contributed by atoms with Crippen LogP contribution >= 0.6 is 11.3 Å². The van der Waals surface area contributed by atoms with Gasteiger partial charge in [0.05, 0.1) is 23.0 Å². The third-order valence-electron chi connectivity index (χ3n) is 5.27. The van der Waals surface area contributed by atoms with Gasteiger partial charge in [0, 0.05) is 13.1 Å². The highest BCUT2D eigenvalue weighted by atomic mass is 32.2. The molecule has 3 heterocycles. The first-order chi connectivity index (χ1) is 12.0. The van der Waals surface area contributed by atoms with Crippen LogP contribution in [0.5, 0.6) is 0 Å². The molecule has 1 spiro atoms. The van der Waals surface area contributed by atoms with Crippen molar-refractivity contribution in [3.05, 3.63) is 29.5 Å². The summed E-state index contributed by atoms with van der Waals surface area (Å²) in [5.41, 5.74) is 0. The average Bonchev–Trinajstić information content (AvgIpc) is 3.28. The van der Waals surface area contributed by atoms with Crippen molar-refractivity contribution in [2.45, 2.75) is 36.9 Å². The van der Waals surface area contributed by atoms with Gasteiger partial charge in [-0.25, -0.2) is 13.4 Å². The second-order valence-electron chi connectivity index (χ2n) is 6.80. The van der Waals surface area contributed by atoms with Gasteiger partial charge < -0.3 is 9.32 Å². The number of rotatable bonds is 2. The van der Waals surface area contributed by atoms with Crippen molar-refractivity contribution in [2.24, 2.45) is 0 Å². The lowest BCUT2D eigenvalue weighted by atomic mass is 9.87. The Labute approximate surface area is 150 Å². The van der Waals surface area contributed by atoms with E-state index in [-0.39, 0.29) is 18.2 Å². The first kappa shape index (κ1) is 16.8. The molecule has 1 aliphatic carbocycles. The van der Waals surface area contributed by atoms with Crippen LogP contribution in [0.25, 0.3) is 10.8 Å². The highest BCUT2D eigenvalue weighted by Crippen LogP contribution is 2.39. The topological polar surface area (TPSA) is 80.5 Å². The highest BCUT2D eigenvalue weighted by molar-refractivity contribution is 7.92. The van der Waals surface area contributed by atoms with Gasteiger partial charge in [0.2, 0.25) is 0 Å². The monoisotopic (exact) mass is 380 g/mol. The number of hydrogen-bond donors (Lipinski definition) is 0. The minimum Gasteiger partial charge on any atom is -0.462 e. The van der Waals surface area contributed by atoms with Crippen LogP contribution in [0.2, 0.25) is 0 Å². The SMILES string of the molecule is O=C(c1cnc(-c2ccco2)s1)N1CCS(=O)(=O)C2(CCCCC2)C1. The molecule has 0 unspecified atom stereocenters. The van der Waals surface area contributed by atoms with E-state index in [2.05, 4.69) is 4.98 Å². The van der Waals surface area contributed by atoms with Crippen molar-refractivity contribution < 1.29 is 17.6 Å². The standard InChI is InChI=1S/C17H20N2O4S2/c20-16(14-11-18-15(24-14)13-5-4-9-23-13)19-8-10-25(21,22)17(12-19)6-2-1-3-7-17/h4-5,9,11H,1-3,6-8,10,12H2. The summed E-state index contributed by atoms with van der Waals surface area (Å²) in [5.74, 6) is 0.562. The molecule has 2 aliphatic rings. The number of carbonyl (C=O) groups is 1. The molecule has 2 aromatic rings. The summed E-state index contributed by atoms with van der Waals surface area (Å²) < 4.78 is 29.9. The molecule has 1 saturated heterocycles. The van der Waals surface area contributed by atoms with Crippen molar-refractivity contribution >= 4 is 27.1 Å². The van der Waals surface area contributed by atoms with E-state index in [9.17, 15) is 13.2 Å². The Bertz CT molecular complexity index is 864. The third-order valence-corrected chi connectivity index (χ3v) is 8.85. The zero-order chi connectivity index (χ0) is 17.5. The van der Waals surface area contributed by atoms with Crippen molar-refractivity contribution in [3.63, 3.8) is 0 Å². The molecule has 0 N–H and O–H groups in total. The maximum Gasteiger partial charge on any atom is 0.265 e. The number of sulfone groups is 1. The third kappa shape index (κ3) is 2.91. The molecule has 2 fully saturated rings. The number of amides is 1. The fourth-order valence-corrected chi connectivity index (χ4v) is 6.86. The lowest BCUT2D eigenvalue weighted by Gasteiger charge is -2.44. The second-order valence-corrected chi connectivity index (χ2v) is 10.3. The van der Waals surface area contributed by atoms with Crippen molar-refractivity contribution in [1.82, 2.24) is 9.88 Å². The first-order valence-electron chi connectivity index (χ1n) is 8.52. The van der Waals surface area contributed by atoms with Crippen LogP contribution in [0.4, 0.5) is 0 Å². The number of furan rings is 1. The van der Waals surface area contributed by atoms with Crippen LogP contribution < -0.4 is 0 Å². The fourth-order valence-electron chi connectivity index (χ4n) is 3.85. The Balaban J connectivity index is 1.57. The molecule has 0 aromatic carbocycles. The summed E-state index contributed by atoms with van der Waals surface area (Å²) in [5, 5.41) is 0.658. The van der Waals surface area contributed by atoms with E-state index in [0.29, 0.717) is 35.0 Å². The summed E-state index contributed by atoms with van der Waals surface area (Å²) in [4.78, 5) is 19.4. The normalized spacial score (nSPS) is 22.2. The van der Waals surface area contributed by atoms with Crippen molar-refractivity contribution in [1.29, 1.82) is 0 Å². The minimum absolute atomic E-state index is 0.0581. The molecule has 8 heteroatoms. The minimum atomic E-state index is -3.15. The van der Waals surface area contributed by atoms with Crippen LogP contribution in [0.15, 0.2) is 29.0 Å². The van der Waals surface area contributed by atoms with E-state index in [1.54, 1.807) is 29.5 Å². The Morgan fingerprint density at radius 1 is 1.28 bits per heavy atom. The van der Waals surface area contributed by atoms with E-state index < -0.39 is 14.6 Å². The van der Waals surface area contributed by atoms with Gasteiger partial charge in [0.25, 0.3) is 5.91 Å². The van der Waals surface area contributed by atoms with Crippen LogP contribution in [-0.2, 0) is 9.84 Å². The molecular formula is C17H20N2O4S2. The zero-order valence-electron chi connectivity index (χ0n) is 13.8. The number of carbonyl (C=O) groups excluding carboxylic acids is 1. The summed E-state index contributed by atoms with van der Waals surface area (Å²) in [6, 6.07) is 3.58. The number of nitrogens with zero attached hydrogens (tertiary/aromatic N) is 2. The lowest BCUT2D eigenvalue weighted by molar-refractivity contribution is 0.0728. The molecular weight excluding hydrogens is 360 g/mol. The summed E-state index contributed by atoms with van der Waals surface area (Å²) in [7, 11) is -3.15. The largest absolute Gasteiger partial charge is 0.462 e. The molecule has 4 rings (SSSR count). The lowest BCUT2D eigenvalue weighted by Crippen LogP contribution is -2.58. The van der Waals surface area contributed by atoms with E-state index >= 15 is 0 Å². The fraction of sp³-hybridized carbons (Fsp3) is 0.529. The molecule has 1 aliphatic heterocycles. The Morgan fingerprint density at radius 2 is 2.08 bits per heavy atom. The molecule has 2 aromatic heterocycles. The smallest absolute Gasteiger partial charge is 0.265 e. The predicted octanol–water partition coefficient (Wildman–Crippen LogP) is 2.98. The molecule has 25 heavy (non-hydrogen) atoms. The second kappa shape index (κ2) is 6.25. The average molecular weight is 380 g/mol. The van der Waals surface area contributed by atoms with E-state index in [0.717, 1.165) is 19.3 Å². The quantitative estimate of drug-likeness (QED) is 0.800. The van der Waals surface area contributed by atoms with Crippen LogP contribution in [0.1, 0.15) is 41.8 Å². The highest BCUT2D eigenvalue weighted by Gasteiger charge is 2.49. The van der Waals surface area contributed by atoms with Gasteiger partial charge in [-0.15, -0.1) is 11.3 Å². The maximum atomic E-state index is 12.9. The van der Waals surface area contributed by atoms with Crippen LogP contribution in [0, 0.1) is 0 Å². The van der Waals surface area contributed by atoms with E-state index in [4.69, 9.17) is 4.42 Å². The van der Waals surface area contributed by atoms with Gasteiger partial charge in [-0.05, 0) is 25.0 Å². The number of aromatic nitrogens is 1. The van der Waals surface area contributed by atoms with Gasteiger partial charge in [0.1, 0.15) is 4.88 Å². The van der Waals surface area contributed by atoms with Gasteiger partial charge in [0.15, 0.2) is 20.6 Å². The van der Waals surface area contributed by atoms with Crippen molar-refractivity contribution in [3.8, 4) is 10.8 Å². The molecule has 0 radical (unpaired) electrons. The predicted molar refractivity (Wildman–Crippen MR) is 95.3 cm³/mol. The molecule has 6 nitrogen and oxygen atoms in total. The number of thiazole rings is 1. The van der Waals surface area contributed by atoms with E-state index in [1.165, 1.54) is 11.3 Å². The van der Waals surface area contributed by atoms with Crippen LogP contribution in [-0.4, -0.2) is 47.8 Å². The summed E-state index contributed by atoms with van der Waals surface area (Å²) in [6.45, 7) is 0.569. The molecule has 0 bridgehead atoms. The van der Waals surface area contributed by atoms with E-state index in [1.807, 2.05) is 0 Å². The first-order valence-corrected chi connectivity index (χ1v) is 11.0. The van der Waals surface area contributed by atoms with Crippen molar-refractivity contribution in [2.75, 3.05) is 18.8 Å². The molecule has 134 valence electrons. The van der Waals surface area contributed by atoms with Gasteiger partial charge in [-0.2, -0.15) is 0 Å². The maximum absolute atomic E-state index is 12.9. The van der Waals surface area contributed by atoms with Gasteiger partial charge in [-0.3, -0.25) is 4.79 Å². The molecule has 1 saturated carbocycles. The summed E-state index contributed by atoms with van der Waals surface area (Å²) in [6.07, 6.45) is 7.38. The molecule has 0 atom stereocenters. The zero-order valence-corrected chi connectivity index (χ0v) is 15.4. The number of hydrogen-bond acceptors (Lipinski definition) is 6. The Hall–Kier alpha value is -1.67. The van der Waals surface area contributed by atoms with Crippen LogP contribution in [0.3, 0.4) is 0 Å². The Kier molecular flexibility index (Phi) is 4.19. The molecule has 1 amide bonds. The van der Waals surface area contributed by atoms with Gasteiger partial charge in [-0.1, -0.05) is 19.3 Å². The van der Waals surface area contributed by atoms with Gasteiger partial charge >= 0.3 is 0 Å².